The predicted octanol–water partition coefficient (Wildman–Crippen LogP) is -0.388. The zero-order valence-electron chi connectivity index (χ0n) is 1.35. The second-order valence-electron chi connectivity index (χ2n) is 0. The van der Waals surface area contributed by atoms with E-state index < -0.39 is 0 Å². The Morgan fingerprint density at radius 3 is 0.500 bits per heavy atom. The van der Waals surface area contributed by atoms with Crippen LogP contribution in [0.4, 0.5) is 0 Å². The van der Waals surface area contributed by atoms with E-state index >= 15 is 0 Å². The third kappa shape index (κ3) is 8.84. The minimum Gasteiger partial charge on any atom is -3.00 e. The first-order valence-corrected chi connectivity index (χ1v) is 0. The molecule has 0 aromatic rings. The summed E-state index contributed by atoms with van der Waals surface area (Å²) in [5.41, 5.74) is 0. The Balaban J connectivity index is 0. The third-order valence-corrected chi connectivity index (χ3v) is 0. The van der Waals surface area contributed by atoms with Crippen molar-refractivity contribution in [2.75, 3.05) is 0 Å². The molecule has 4 heavy (non-hydrogen) atoms. The fourth-order valence-electron chi connectivity index (χ4n) is 0. The molecule has 0 nitrogen and oxygen atoms in total. The Kier molecular flexibility index (Phi) is 125. The normalized spacial score (nSPS) is 0. The maximum atomic E-state index is 0. The van der Waals surface area contributed by atoms with Gasteiger partial charge in [-0.2, -0.15) is 0 Å². The maximum Gasteiger partial charge on any atom is 1.00 e. The van der Waals surface area contributed by atoms with Gasteiger partial charge in [0.15, 0.2) is 0 Å². The van der Waals surface area contributed by atoms with Crippen molar-refractivity contribution in [1.29, 1.82) is 0 Å². The Bertz CT molecular complexity index is 3.25. The van der Waals surface area contributed by atoms with Gasteiger partial charge in [-0.15, -0.1) is 0 Å². The summed E-state index contributed by atoms with van der Waals surface area (Å²) in [6.07, 6.45) is 0. The van der Waals surface area contributed by atoms with Gasteiger partial charge in [-0.25, -0.2) is 0 Å². The molecule has 0 spiro atoms. The fourth-order valence-corrected chi connectivity index (χ4v) is 0. The Morgan fingerprint density at radius 2 is 0.500 bits per heavy atom. The molecule has 0 aromatic carbocycles. The summed E-state index contributed by atoms with van der Waals surface area (Å²) in [7, 11) is 0. The summed E-state index contributed by atoms with van der Waals surface area (Å²) in [5.74, 6) is 0. The molecule has 0 bridgehead atoms. The molecule has 0 amide bonds. The summed E-state index contributed by atoms with van der Waals surface area (Å²) >= 11 is 0. The molecule has 0 aromatic heterocycles. The number of hydrogen-bond donors (Lipinski definition) is 0. The van der Waals surface area contributed by atoms with Crippen LogP contribution in [0.25, 0.3) is 0 Å². The van der Waals surface area contributed by atoms with E-state index in [0.29, 0.717) is 0 Å². The van der Waals surface area contributed by atoms with Crippen LogP contribution in [-0.2, 0) is 67.1 Å². The zero-order valence-corrected chi connectivity index (χ0v) is 7.68. The molecular formula is Ag3As. The van der Waals surface area contributed by atoms with E-state index in [1.165, 1.54) is 0 Å². The molecule has 0 aliphatic rings. The molecule has 0 saturated heterocycles. The fraction of sp³-hybridized carbons (Fsp3) is 0. The van der Waals surface area contributed by atoms with E-state index in [1.54, 1.807) is 0 Å². The molecule has 0 saturated carbocycles. The van der Waals surface area contributed by atoms with Crippen molar-refractivity contribution in [3.05, 3.63) is 0 Å². The molecule has 0 rings (SSSR count). The number of hydrogen-bond acceptors (Lipinski definition) is 0. The van der Waals surface area contributed by atoms with Crippen LogP contribution in [0.15, 0.2) is 0 Å². The second kappa shape index (κ2) is 17.1. The van der Waals surface area contributed by atoms with Crippen LogP contribution < -0.4 is 0 Å². The van der Waals surface area contributed by atoms with Gasteiger partial charge in [0.2, 0.25) is 0 Å². The van der Waals surface area contributed by atoms with Crippen LogP contribution >= 0.6 is 0 Å². The van der Waals surface area contributed by atoms with Crippen molar-refractivity contribution >= 4 is 18.0 Å². The quantitative estimate of drug-likeness (QED) is 0.488. The van der Waals surface area contributed by atoms with Crippen LogP contribution in [0.1, 0.15) is 0 Å². The van der Waals surface area contributed by atoms with Crippen LogP contribution in [0.3, 0.4) is 0 Å². The van der Waals surface area contributed by atoms with Gasteiger partial charge in [0.1, 0.15) is 0 Å². The third-order valence-electron chi connectivity index (χ3n) is 0. The van der Waals surface area contributed by atoms with Gasteiger partial charge >= 0.3 is 67.1 Å². The smallest absolute Gasteiger partial charge is 1.00 e. The van der Waals surface area contributed by atoms with E-state index in [4.69, 9.17) is 0 Å². The molecule has 0 unspecified atom stereocenters. The average molecular weight is 399 g/mol. The minimum atomic E-state index is 0. The first-order valence-electron chi connectivity index (χ1n) is 0. The minimum absolute atomic E-state index is 0. The number of rotatable bonds is 0. The van der Waals surface area contributed by atoms with Crippen LogP contribution in [-0.4, -0.2) is 18.0 Å². The van der Waals surface area contributed by atoms with E-state index in [2.05, 4.69) is 0 Å². The summed E-state index contributed by atoms with van der Waals surface area (Å²) < 4.78 is 0. The van der Waals surface area contributed by atoms with Gasteiger partial charge in [-0.1, -0.05) is 0 Å². The van der Waals surface area contributed by atoms with Gasteiger partial charge in [0.05, 0.1) is 0 Å². The van der Waals surface area contributed by atoms with Crippen LogP contribution in [0.2, 0.25) is 0 Å². The van der Waals surface area contributed by atoms with Gasteiger partial charge < -0.3 is 18.0 Å². The second-order valence-corrected chi connectivity index (χ2v) is 0. The van der Waals surface area contributed by atoms with E-state index in [-0.39, 0.29) is 85.1 Å². The standard InChI is InChI=1S/3Ag.As/q3*+1;-3. The molecule has 0 radical (unpaired) electrons. The first-order chi connectivity index (χ1) is 0. The van der Waals surface area contributed by atoms with E-state index in [9.17, 15) is 0 Å². The monoisotopic (exact) mass is 396 g/mol. The van der Waals surface area contributed by atoms with Crippen LogP contribution in [0, 0.1) is 0 Å². The molecule has 0 N–H and O–H groups in total. The van der Waals surface area contributed by atoms with Gasteiger partial charge in [-0.05, 0) is 0 Å². The van der Waals surface area contributed by atoms with Crippen LogP contribution in [0.5, 0.6) is 0 Å². The zero-order chi connectivity index (χ0) is 0. The van der Waals surface area contributed by atoms with E-state index in [0.717, 1.165) is 0 Å². The summed E-state index contributed by atoms with van der Waals surface area (Å²) in [5, 5.41) is 0. The largest absolute Gasteiger partial charge is 3.00 e. The van der Waals surface area contributed by atoms with Crippen molar-refractivity contribution < 1.29 is 67.1 Å². The van der Waals surface area contributed by atoms with Crippen molar-refractivity contribution in [2.45, 2.75) is 0 Å². The SMILES string of the molecule is [Ag+].[Ag+].[Ag+].[As-3]. The van der Waals surface area contributed by atoms with Gasteiger partial charge in [-0.3, -0.25) is 0 Å². The average Bonchev–Trinajstić information content (AvgIpc) is 0. The molecule has 0 aliphatic heterocycles. The van der Waals surface area contributed by atoms with Crippen molar-refractivity contribution in [2.24, 2.45) is 0 Å². The Labute approximate surface area is 83.7 Å². The maximum absolute atomic E-state index is 0. The van der Waals surface area contributed by atoms with E-state index in [1.807, 2.05) is 0 Å². The first kappa shape index (κ1) is 29.3. The molecule has 38 valence electrons. The molecule has 0 atom stereocenters. The summed E-state index contributed by atoms with van der Waals surface area (Å²) in [6.45, 7) is 0. The van der Waals surface area contributed by atoms with Gasteiger partial charge in [0.25, 0.3) is 0 Å². The summed E-state index contributed by atoms with van der Waals surface area (Å²) in [4.78, 5) is 0. The molecule has 0 heterocycles. The molecule has 4 heteroatoms. The molecular weight excluding hydrogens is 399 g/mol. The van der Waals surface area contributed by atoms with Crippen molar-refractivity contribution in [3.8, 4) is 0 Å². The molecule has 0 aliphatic carbocycles. The van der Waals surface area contributed by atoms with Gasteiger partial charge in [0, 0.05) is 0 Å². The summed E-state index contributed by atoms with van der Waals surface area (Å²) in [6, 6.07) is 0. The Morgan fingerprint density at radius 1 is 0.500 bits per heavy atom. The van der Waals surface area contributed by atoms with Crippen molar-refractivity contribution in [3.63, 3.8) is 0 Å². The molecule has 0 fully saturated rings. The Hall–Kier alpha value is 2.78. The topological polar surface area (TPSA) is 0 Å². The predicted molar refractivity (Wildman–Crippen MR) is 5.75 cm³/mol. The van der Waals surface area contributed by atoms with Crippen molar-refractivity contribution in [1.82, 2.24) is 0 Å².